The molecule has 1 amide bonds. The number of nitrogens with two attached hydrogens (primary N) is 1. The van der Waals surface area contributed by atoms with Gasteiger partial charge >= 0.3 is 18.0 Å². The van der Waals surface area contributed by atoms with Gasteiger partial charge in [-0.1, -0.05) is 48.9 Å². The summed E-state index contributed by atoms with van der Waals surface area (Å²) in [5.74, 6) is -0.523. The number of aliphatic carboxylic acids is 1. The molecule has 40 heavy (non-hydrogen) atoms. The van der Waals surface area contributed by atoms with Crippen molar-refractivity contribution in [1.82, 2.24) is 10.2 Å². The first-order valence-corrected chi connectivity index (χ1v) is 14.9. The number of unbranched alkanes of at least 4 members (excludes halogenated alkanes) is 2. The number of carboxylic acids is 1. The zero-order chi connectivity index (χ0) is 28.7. The molecule has 218 valence electrons. The largest absolute Gasteiger partial charge is 0.480 e. The monoisotopic (exact) mass is 571 g/mol. The second kappa shape index (κ2) is 16.8. The number of benzene rings is 2. The Bertz CT molecular complexity index is 1080. The average molecular weight is 572 g/mol. The fraction of sp³-hybridized carbons (Fsp3) is 0.500. The summed E-state index contributed by atoms with van der Waals surface area (Å²) in [6.07, 6.45) is 3.60. The maximum Gasteiger partial charge on any atom is 0.410 e. The van der Waals surface area contributed by atoms with Crippen LogP contribution in [-0.2, 0) is 25.7 Å². The molecule has 1 saturated heterocycles. The average Bonchev–Trinajstić information content (AvgIpc) is 2.96. The van der Waals surface area contributed by atoms with E-state index < -0.39 is 12.0 Å². The van der Waals surface area contributed by atoms with Crippen molar-refractivity contribution in [2.24, 2.45) is 5.92 Å². The molecule has 3 rings (SSSR count). The summed E-state index contributed by atoms with van der Waals surface area (Å²) in [6.45, 7) is 3.90. The van der Waals surface area contributed by atoms with Crippen LogP contribution in [0.25, 0.3) is 0 Å². The highest BCUT2D eigenvalue weighted by molar-refractivity contribution is 7.99. The van der Waals surface area contributed by atoms with Crippen LogP contribution in [0.1, 0.15) is 51.0 Å². The van der Waals surface area contributed by atoms with E-state index >= 15 is 0 Å². The predicted molar refractivity (Wildman–Crippen MR) is 156 cm³/mol. The number of carboxylic acid groups (broad SMARTS) is 1. The number of carbonyl (C=O) groups is 3. The number of hydrogen-bond donors (Lipinski definition) is 3. The number of thioether (sulfide) groups is 1. The third-order valence-electron chi connectivity index (χ3n) is 7.06. The third kappa shape index (κ3) is 10.7. The number of rotatable bonds is 15. The minimum atomic E-state index is -0.894. The number of anilines is 1. The van der Waals surface area contributed by atoms with Gasteiger partial charge in [0.25, 0.3) is 0 Å². The summed E-state index contributed by atoms with van der Waals surface area (Å²) in [4.78, 5) is 38.9. The molecule has 2 unspecified atom stereocenters. The van der Waals surface area contributed by atoms with Gasteiger partial charge in [0.1, 0.15) is 18.8 Å². The highest BCUT2D eigenvalue weighted by Gasteiger charge is 2.29. The van der Waals surface area contributed by atoms with Crippen LogP contribution in [0.3, 0.4) is 0 Å². The van der Waals surface area contributed by atoms with E-state index in [-0.39, 0.29) is 30.7 Å². The van der Waals surface area contributed by atoms with Gasteiger partial charge in [0.2, 0.25) is 0 Å². The topological polar surface area (TPSA) is 131 Å². The molecular formula is C30H41N3O6S. The highest BCUT2D eigenvalue weighted by atomic mass is 32.2. The maximum absolute atomic E-state index is 12.4. The normalized spacial score (nSPS) is 15.3. The quantitative estimate of drug-likeness (QED) is 0.118. The molecule has 0 saturated carbocycles. The minimum Gasteiger partial charge on any atom is -0.480 e. The van der Waals surface area contributed by atoms with Crippen molar-refractivity contribution in [3.8, 4) is 0 Å². The first kappa shape index (κ1) is 31.3. The van der Waals surface area contributed by atoms with E-state index in [9.17, 15) is 19.5 Å². The lowest BCUT2D eigenvalue weighted by molar-refractivity contribution is -0.151. The van der Waals surface area contributed by atoms with Crippen LogP contribution in [0, 0.1) is 5.92 Å². The van der Waals surface area contributed by atoms with Crippen molar-refractivity contribution in [2.45, 2.75) is 69.1 Å². The summed E-state index contributed by atoms with van der Waals surface area (Å²) in [6, 6.07) is 16.3. The number of piperidine rings is 1. The number of hydrogen-bond acceptors (Lipinski definition) is 8. The van der Waals surface area contributed by atoms with Crippen molar-refractivity contribution < 1.29 is 29.0 Å². The van der Waals surface area contributed by atoms with Gasteiger partial charge in [-0.25, -0.2) is 4.79 Å². The van der Waals surface area contributed by atoms with Crippen molar-refractivity contribution in [2.75, 3.05) is 31.1 Å². The summed E-state index contributed by atoms with van der Waals surface area (Å²) in [7, 11) is 0. The van der Waals surface area contributed by atoms with Gasteiger partial charge in [0.15, 0.2) is 0 Å². The zero-order valence-electron chi connectivity index (χ0n) is 23.1. The molecule has 9 nitrogen and oxygen atoms in total. The fourth-order valence-electron chi connectivity index (χ4n) is 4.57. The first-order valence-electron chi connectivity index (χ1n) is 13.9. The molecule has 2 aromatic carbocycles. The third-order valence-corrected chi connectivity index (χ3v) is 8.24. The van der Waals surface area contributed by atoms with Gasteiger partial charge in [-0.15, -0.1) is 11.8 Å². The van der Waals surface area contributed by atoms with Crippen molar-refractivity contribution >= 4 is 35.5 Å². The number of nitrogen functional groups attached to an aromatic ring is 1. The Morgan fingerprint density at radius 2 is 1.75 bits per heavy atom. The lowest BCUT2D eigenvalue weighted by Gasteiger charge is -2.34. The van der Waals surface area contributed by atoms with E-state index in [1.54, 1.807) is 11.0 Å². The molecule has 1 aliphatic heterocycles. The van der Waals surface area contributed by atoms with E-state index in [0.717, 1.165) is 36.1 Å². The number of ether oxygens (including phenoxy) is 2. The Balaban J connectivity index is 1.24. The Morgan fingerprint density at radius 1 is 1.05 bits per heavy atom. The molecule has 0 radical (unpaired) electrons. The van der Waals surface area contributed by atoms with Crippen LogP contribution >= 0.6 is 11.8 Å². The fourth-order valence-corrected chi connectivity index (χ4v) is 5.59. The number of esters is 1. The number of amides is 1. The Hall–Kier alpha value is -3.24. The van der Waals surface area contributed by atoms with Gasteiger partial charge in [-0.05, 0) is 62.8 Å². The molecule has 1 heterocycles. The van der Waals surface area contributed by atoms with Crippen molar-refractivity contribution in [3.63, 3.8) is 0 Å². The molecule has 2 aromatic rings. The Kier molecular flexibility index (Phi) is 13.1. The second-order valence-corrected chi connectivity index (χ2v) is 11.1. The molecule has 1 aliphatic rings. The second-order valence-electron chi connectivity index (χ2n) is 10.1. The molecule has 10 heteroatoms. The van der Waals surface area contributed by atoms with Crippen LogP contribution in [0.5, 0.6) is 0 Å². The number of para-hydroxylation sites is 1. The lowest BCUT2D eigenvalue weighted by atomic mass is 9.92. The molecule has 4 N–H and O–H groups in total. The van der Waals surface area contributed by atoms with Crippen LogP contribution < -0.4 is 11.1 Å². The van der Waals surface area contributed by atoms with E-state index in [1.807, 2.05) is 55.5 Å². The van der Waals surface area contributed by atoms with E-state index in [0.29, 0.717) is 43.9 Å². The minimum absolute atomic E-state index is 0.205. The van der Waals surface area contributed by atoms with Gasteiger partial charge in [0, 0.05) is 35.8 Å². The number of carbonyl (C=O) groups excluding carboxylic acids is 2. The smallest absolute Gasteiger partial charge is 0.410 e. The number of likely N-dealkylation sites (tertiary alicyclic amines) is 1. The molecule has 0 spiro atoms. The van der Waals surface area contributed by atoms with Crippen molar-refractivity contribution in [3.05, 3.63) is 60.2 Å². The van der Waals surface area contributed by atoms with E-state index in [2.05, 4.69) is 5.32 Å². The molecule has 2 atom stereocenters. The Labute approximate surface area is 240 Å². The molecule has 1 fully saturated rings. The summed E-state index contributed by atoms with van der Waals surface area (Å²) >= 11 is 1.42. The van der Waals surface area contributed by atoms with Crippen LogP contribution in [0.4, 0.5) is 10.5 Å². The van der Waals surface area contributed by atoms with Crippen molar-refractivity contribution in [1.29, 1.82) is 0 Å². The van der Waals surface area contributed by atoms with Crippen LogP contribution in [-0.4, -0.2) is 65.6 Å². The molecular weight excluding hydrogens is 530 g/mol. The Morgan fingerprint density at radius 3 is 2.45 bits per heavy atom. The van der Waals surface area contributed by atoms with E-state index in [1.165, 1.54) is 11.8 Å². The molecule has 0 aliphatic carbocycles. The van der Waals surface area contributed by atoms with E-state index in [4.69, 9.17) is 15.2 Å². The first-order chi connectivity index (χ1) is 19.3. The SMILES string of the molecule is CC(OC(=O)CCCCCNC(CSc1ccccc1N)C(=O)O)C1CCN(C(=O)OCc2ccccc2)CC1. The zero-order valence-corrected chi connectivity index (χ0v) is 23.9. The predicted octanol–water partition coefficient (Wildman–Crippen LogP) is 4.94. The molecule has 0 aromatic heterocycles. The van der Waals surface area contributed by atoms with Gasteiger partial charge in [-0.3, -0.25) is 9.59 Å². The number of nitrogens with one attached hydrogen (secondary N) is 1. The summed E-state index contributed by atoms with van der Waals surface area (Å²) in [5, 5.41) is 12.6. The van der Waals surface area contributed by atoms with Crippen LogP contribution in [0.2, 0.25) is 0 Å². The standard InChI is InChI=1S/C30H41N3O6S/c1-22(24-15-18-33(19-16-24)30(37)38-20-23-10-4-2-5-11-23)39-28(34)14-6-3-9-17-32-26(29(35)36)21-40-27-13-8-7-12-25(27)31/h2,4-5,7-8,10-13,22,24,26,32H,3,6,9,14-21,31H2,1H3,(H,35,36). The highest BCUT2D eigenvalue weighted by Crippen LogP contribution is 2.25. The lowest BCUT2D eigenvalue weighted by Crippen LogP contribution is -2.41. The van der Waals surface area contributed by atoms with Gasteiger partial charge < -0.3 is 30.5 Å². The van der Waals surface area contributed by atoms with Gasteiger partial charge in [-0.2, -0.15) is 0 Å². The molecule has 0 bridgehead atoms. The van der Waals surface area contributed by atoms with Crippen LogP contribution in [0.15, 0.2) is 59.5 Å². The number of nitrogens with zero attached hydrogens (tertiary/aromatic N) is 1. The maximum atomic E-state index is 12.4. The van der Waals surface area contributed by atoms with Gasteiger partial charge in [0.05, 0.1) is 0 Å². The summed E-state index contributed by atoms with van der Waals surface area (Å²) < 4.78 is 11.1. The summed E-state index contributed by atoms with van der Waals surface area (Å²) in [5.41, 5.74) is 7.53.